The van der Waals surface area contributed by atoms with Gasteiger partial charge in [0.2, 0.25) is 0 Å². The van der Waals surface area contributed by atoms with Gasteiger partial charge in [0.25, 0.3) is 0 Å². The Morgan fingerprint density at radius 2 is 2.20 bits per heavy atom. The molecule has 1 aromatic carbocycles. The second kappa shape index (κ2) is 6.55. The molecule has 2 rings (SSSR count). The van der Waals surface area contributed by atoms with Gasteiger partial charge in [-0.2, -0.15) is 0 Å². The van der Waals surface area contributed by atoms with E-state index < -0.39 is 0 Å². The Hall–Kier alpha value is -1.13. The van der Waals surface area contributed by atoms with Gasteiger partial charge in [-0.15, -0.1) is 0 Å². The van der Waals surface area contributed by atoms with E-state index in [1.807, 2.05) is 0 Å². The molecular weight excluding hydrogens is 255 g/mol. The summed E-state index contributed by atoms with van der Waals surface area (Å²) < 4.78 is 19.1. The number of nitrogens with two attached hydrogens (primary N) is 1. The molecule has 4 heteroatoms. The first kappa shape index (κ1) is 15.3. The average molecular weight is 280 g/mol. The van der Waals surface area contributed by atoms with E-state index in [9.17, 15) is 4.39 Å². The summed E-state index contributed by atoms with van der Waals surface area (Å²) in [6, 6.07) is 4.51. The fourth-order valence-electron chi connectivity index (χ4n) is 2.70. The Morgan fingerprint density at radius 3 is 2.80 bits per heavy atom. The van der Waals surface area contributed by atoms with Crippen molar-refractivity contribution in [3.63, 3.8) is 0 Å². The van der Waals surface area contributed by atoms with Gasteiger partial charge < -0.3 is 15.4 Å². The van der Waals surface area contributed by atoms with Crippen molar-refractivity contribution in [2.24, 2.45) is 17.6 Å². The predicted octanol–water partition coefficient (Wildman–Crippen LogP) is 2.81. The third-order valence-corrected chi connectivity index (χ3v) is 4.25. The Bertz CT molecular complexity index is 452. The minimum absolute atomic E-state index is 0.282. The minimum atomic E-state index is -0.328. The SMILES string of the molecule is COc1cccc(F)c1C(N)CCN(C)CC1CC1C. The van der Waals surface area contributed by atoms with Crippen LogP contribution in [0.4, 0.5) is 4.39 Å². The first-order valence-electron chi connectivity index (χ1n) is 7.29. The van der Waals surface area contributed by atoms with Crippen LogP contribution in [0.15, 0.2) is 18.2 Å². The van der Waals surface area contributed by atoms with E-state index in [-0.39, 0.29) is 11.9 Å². The van der Waals surface area contributed by atoms with Crippen LogP contribution >= 0.6 is 0 Å². The third-order valence-electron chi connectivity index (χ3n) is 4.25. The molecule has 0 aliphatic heterocycles. The van der Waals surface area contributed by atoms with E-state index in [1.54, 1.807) is 19.2 Å². The molecule has 0 saturated heterocycles. The van der Waals surface area contributed by atoms with Crippen molar-refractivity contribution < 1.29 is 9.13 Å². The monoisotopic (exact) mass is 280 g/mol. The van der Waals surface area contributed by atoms with Gasteiger partial charge in [-0.3, -0.25) is 0 Å². The quantitative estimate of drug-likeness (QED) is 0.834. The highest BCUT2D eigenvalue weighted by Gasteiger charge is 2.33. The van der Waals surface area contributed by atoms with Gasteiger partial charge in [0.15, 0.2) is 0 Å². The summed E-state index contributed by atoms with van der Waals surface area (Å²) in [4.78, 5) is 2.29. The molecule has 3 unspecified atom stereocenters. The van der Waals surface area contributed by atoms with Crippen molar-refractivity contribution in [3.8, 4) is 5.75 Å². The molecule has 2 N–H and O–H groups in total. The Morgan fingerprint density at radius 1 is 1.50 bits per heavy atom. The van der Waals surface area contributed by atoms with Crippen LogP contribution < -0.4 is 10.5 Å². The fraction of sp³-hybridized carbons (Fsp3) is 0.625. The molecule has 112 valence electrons. The topological polar surface area (TPSA) is 38.5 Å². The predicted molar refractivity (Wildman–Crippen MR) is 79.3 cm³/mol. The number of halogens is 1. The Kier molecular flexibility index (Phi) is 5.00. The van der Waals surface area contributed by atoms with Crippen LogP contribution in [0, 0.1) is 17.7 Å². The third kappa shape index (κ3) is 3.70. The molecule has 0 spiro atoms. The van der Waals surface area contributed by atoms with E-state index in [2.05, 4.69) is 18.9 Å². The Labute approximate surface area is 120 Å². The highest BCUT2D eigenvalue weighted by atomic mass is 19.1. The fourth-order valence-corrected chi connectivity index (χ4v) is 2.70. The number of hydrogen-bond donors (Lipinski definition) is 1. The second-order valence-electron chi connectivity index (χ2n) is 5.99. The molecule has 0 amide bonds. The molecule has 0 bridgehead atoms. The standard InChI is InChI=1S/C16H25FN2O/c1-11-9-12(11)10-19(2)8-7-14(18)16-13(17)5-4-6-15(16)20-3/h4-6,11-12,14H,7-10,18H2,1-3H3. The first-order valence-corrected chi connectivity index (χ1v) is 7.29. The van der Waals surface area contributed by atoms with Gasteiger partial charge in [0.1, 0.15) is 11.6 Å². The van der Waals surface area contributed by atoms with Crippen molar-refractivity contribution >= 4 is 0 Å². The summed E-state index contributed by atoms with van der Waals surface area (Å²) in [5.74, 6) is 1.95. The number of nitrogens with zero attached hydrogens (tertiary/aromatic N) is 1. The lowest BCUT2D eigenvalue weighted by molar-refractivity contribution is 0.298. The summed E-state index contributed by atoms with van der Waals surface area (Å²) in [7, 11) is 3.65. The maximum absolute atomic E-state index is 13.9. The summed E-state index contributed by atoms with van der Waals surface area (Å²) >= 11 is 0. The average Bonchev–Trinajstić information content (AvgIpc) is 3.10. The maximum Gasteiger partial charge on any atom is 0.131 e. The molecule has 0 radical (unpaired) electrons. The van der Waals surface area contributed by atoms with Crippen LogP contribution in [0.5, 0.6) is 5.75 Å². The van der Waals surface area contributed by atoms with E-state index in [0.29, 0.717) is 11.3 Å². The lowest BCUT2D eigenvalue weighted by Gasteiger charge is -2.21. The largest absolute Gasteiger partial charge is 0.496 e. The summed E-state index contributed by atoms with van der Waals surface area (Å²) in [5.41, 5.74) is 6.64. The van der Waals surface area contributed by atoms with Crippen molar-refractivity contribution in [2.75, 3.05) is 27.2 Å². The number of benzene rings is 1. The first-order chi connectivity index (χ1) is 9.52. The molecule has 1 aliphatic carbocycles. The normalized spacial score (nSPS) is 22.9. The molecule has 0 aromatic heterocycles. The molecule has 1 saturated carbocycles. The summed E-state index contributed by atoms with van der Waals surface area (Å²) in [6.45, 7) is 4.28. The molecule has 0 heterocycles. The lowest BCUT2D eigenvalue weighted by Crippen LogP contribution is -2.26. The Balaban J connectivity index is 1.89. The molecule has 1 fully saturated rings. The number of rotatable bonds is 7. The lowest BCUT2D eigenvalue weighted by atomic mass is 10.0. The van der Waals surface area contributed by atoms with Crippen molar-refractivity contribution in [1.29, 1.82) is 0 Å². The summed E-state index contributed by atoms with van der Waals surface area (Å²) in [6.07, 6.45) is 2.06. The van der Waals surface area contributed by atoms with Crippen LogP contribution in [0.3, 0.4) is 0 Å². The van der Waals surface area contributed by atoms with Crippen LogP contribution in [0.1, 0.15) is 31.4 Å². The van der Waals surface area contributed by atoms with E-state index in [0.717, 1.165) is 31.3 Å². The van der Waals surface area contributed by atoms with Gasteiger partial charge in [-0.25, -0.2) is 4.39 Å². The van der Waals surface area contributed by atoms with Crippen LogP contribution in [0.2, 0.25) is 0 Å². The van der Waals surface area contributed by atoms with Gasteiger partial charge in [0, 0.05) is 18.2 Å². The summed E-state index contributed by atoms with van der Waals surface area (Å²) in [5, 5.41) is 0. The molecule has 1 aliphatic rings. The van der Waals surface area contributed by atoms with E-state index in [4.69, 9.17) is 10.5 Å². The van der Waals surface area contributed by atoms with Crippen molar-refractivity contribution in [3.05, 3.63) is 29.6 Å². The van der Waals surface area contributed by atoms with Crippen LogP contribution in [0.25, 0.3) is 0 Å². The van der Waals surface area contributed by atoms with Gasteiger partial charge >= 0.3 is 0 Å². The van der Waals surface area contributed by atoms with Gasteiger partial charge in [0.05, 0.1) is 7.11 Å². The maximum atomic E-state index is 13.9. The van der Waals surface area contributed by atoms with Gasteiger partial charge in [-0.1, -0.05) is 13.0 Å². The molecule has 1 aromatic rings. The molecule has 20 heavy (non-hydrogen) atoms. The van der Waals surface area contributed by atoms with Crippen molar-refractivity contribution in [1.82, 2.24) is 4.90 Å². The number of methoxy groups -OCH3 is 1. The van der Waals surface area contributed by atoms with Gasteiger partial charge in [-0.05, 0) is 50.4 Å². The van der Waals surface area contributed by atoms with Crippen LogP contribution in [-0.4, -0.2) is 32.1 Å². The number of ether oxygens (including phenoxy) is 1. The van der Waals surface area contributed by atoms with Crippen molar-refractivity contribution in [2.45, 2.75) is 25.8 Å². The highest BCUT2D eigenvalue weighted by Crippen LogP contribution is 2.38. The molecule has 3 nitrogen and oxygen atoms in total. The minimum Gasteiger partial charge on any atom is -0.496 e. The van der Waals surface area contributed by atoms with E-state index >= 15 is 0 Å². The molecule has 3 atom stereocenters. The second-order valence-corrected chi connectivity index (χ2v) is 5.99. The highest BCUT2D eigenvalue weighted by molar-refractivity contribution is 5.37. The zero-order valence-electron chi connectivity index (χ0n) is 12.6. The zero-order valence-corrected chi connectivity index (χ0v) is 12.6. The molecular formula is C16H25FN2O. The van der Waals surface area contributed by atoms with Crippen LogP contribution in [-0.2, 0) is 0 Å². The zero-order chi connectivity index (χ0) is 14.7. The smallest absolute Gasteiger partial charge is 0.131 e. The number of hydrogen-bond acceptors (Lipinski definition) is 3. The van der Waals surface area contributed by atoms with E-state index in [1.165, 1.54) is 12.5 Å².